The fourth-order valence-electron chi connectivity index (χ4n) is 3.10. The molecular weight excluding hydrogens is 360 g/mol. The second kappa shape index (κ2) is 8.08. The lowest BCUT2D eigenvalue weighted by molar-refractivity contribution is -0.137. The predicted octanol–water partition coefficient (Wildman–Crippen LogP) is 3.85. The molecule has 1 aliphatic rings. The Morgan fingerprint density at radius 2 is 1.48 bits per heavy atom. The van der Waals surface area contributed by atoms with Gasteiger partial charge in [0.15, 0.2) is 0 Å². The molecule has 7 heteroatoms. The molecule has 2 aromatic carbocycles. The van der Waals surface area contributed by atoms with Gasteiger partial charge in [-0.2, -0.15) is 13.2 Å². The van der Waals surface area contributed by atoms with E-state index in [-0.39, 0.29) is 17.3 Å². The Bertz CT molecular complexity index is 764. The fraction of sp³-hybridized carbons (Fsp3) is 0.350. The molecule has 1 heterocycles. The van der Waals surface area contributed by atoms with Gasteiger partial charge in [-0.05, 0) is 48.4 Å². The van der Waals surface area contributed by atoms with Gasteiger partial charge >= 0.3 is 6.18 Å². The molecule has 0 aliphatic carbocycles. The summed E-state index contributed by atoms with van der Waals surface area (Å²) in [5, 5.41) is 0. The van der Waals surface area contributed by atoms with E-state index < -0.39 is 11.7 Å². The van der Waals surface area contributed by atoms with E-state index in [1.54, 1.807) is 17.0 Å². The number of carbonyl (C=O) groups excluding carboxylic acids is 1. The van der Waals surface area contributed by atoms with Crippen LogP contribution in [-0.4, -0.2) is 48.4 Å². The molecule has 3 rings (SSSR count). The van der Waals surface area contributed by atoms with Crippen LogP contribution in [0.4, 0.5) is 17.6 Å². The number of amides is 1. The smallest absolute Gasteiger partial charge is 0.336 e. The molecule has 0 radical (unpaired) electrons. The van der Waals surface area contributed by atoms with Crippen LogP contribution in [-0.2, 0) is 12.6 Å². The topological polar surface area (TPSA) is 23.6 Å². The van der Waals surface area contributed by atoms with Gasteiger partial charge in [0.05, 0.1) is 5.56 Å². The number of piperazine rings is 1. The second-order valence-corrected chi connectivity index (χ2v) is 6.59. The quantitative estimate of drug-likeness (QED) is 0.753. The van der Waals surface area contributed by atoms with E-state index in [1.807, 2.05) is 0 Å². The molecule has 0 bridgehead atoms. The summed E-state index contributed by atoms with van der Waals surface area (Å²) in [5.74, 6) is -0.504. The van der Waals surface area contributed by atoms with E-state index in [0.29, 0.717) is 26.2 Å². The molecule has 0 N–H and O–H groups in total. The summed E-state index contributed by atoms with van der Waals surface area (Å²) in [4.78, 5) is 16.4. The molecule has 0 spiro atoms. The maximum Gasteiger partial charge on any atom is 0.416 e. The second-order valence-electron chi connectivity index (χ2n) is 6.59. The van der Waals surface area contributed by atoms with E-state index in [9.17, 15) is 22.4 Å². The molecule has 0 aromatic heterocycles. The summed E-state index contributed by atoms with van der Waals surface area (Å²) >= 11 is 0. The van der Waals surface area contributed by atoms with Gasteiger partial charge < -0.3 is 4.90 Å². The molecule has 1 amide bonds. The van der Waals surface area contributed by atoms with Crippen molar-refractivity contribution in [2.75, 3.05) is 32.7 Å². The van der Waals surface area contributed by atoms with E-state index in [4.69, 9.17) is 0 Å². The van der Waals surface area contributed by atoms with Crippen molar-refractivity contribution in [1.82, 2.24) is 9.80 Å². The van der Waals surface area contributed by atoms with Gasteiger partial charge in [0, 0.05) is 38.3 Å². The number of halogens is 4. The average molecular weight is 380 g/mol. The Kier molecular flexibility index (Phi) is 5.79. The average Bonchev–Trinajstić information content (AvgIpc) is 2.67. The van der Waals surface area contributed by atoms with Crippen LogP contribution in [0.3, 0.4) is 0 Å². The Morgan fingerprint density at radius 3 is 2.04 bits per heavy atom. The molecule has 2 aromatic rings. The van der Waals surface area contributed by atoms with Gasteiger partial charge in [-0.15, -0.1) is 0 Å². The predicted molar refractivity (Wildman–Crippen MR) is 93.9 cm³/mol. The van der Waals surface area contributed by atoms with Crippen LogP contribution in [0.5, 0.6) is 0 Å². The van der Waals surface area contributed by atoms with Crippen LogP contribution in [0.2, 0.25) is 0 Å². The zero-order valence-corrected chi connectivity index (χ0v) is 14.7. The molecule has 0 unspecified atom stereocenters. The van der Waals surface area contributed by atoms with Crippen molar-refractivity contribution >= 4 is 5.91 Å². The number of hydrogen-bond acceptors (Lipinski definition) is 2. The molecule has 27 heavy (non-hydrogen) atoms. The SMILES string of the molecule is O=C(c1ccc(C(F)(F)F)cc1)N1CCN(CCc2ccc(F)cc2)CC1. The number of hydrogen-bond donors (Lipinski definition) is 0. The lowest BCUT2D eigenvalue weighted by Crippen LogP contribution is -2.49. The van der Waals surface area contributed by atoms with Crippen LogP contribution in [0, 0.1) is 5.82 Å². The number of rotatable bonds is 4. The maximum atomic E-state index is 12.9. The molecule has 1 aliphatic heterocycles. The first kappa shape index (κ1) is 19.4. The van der Waals surface area contributed by atoms with Crippen molar-refractivity contribution in [3.05, 3.63) is 71.0 Å². The minimum atomic E-state index is -4.41. The van der Waals surface area contributed by atoms with Crippen molar-refractivity contribution in [1.29, 1.82) is 0 Å². The Balaban J connectivity index is 1.49. The van der Waals surface area contributed by atoms with Crippen molar-refractivity contribution in [2.45, 2.75) is 12.6 Å². The van der Waals surface area contributed by atoms with E-state index in [1.165, 1.54) is 24.3 Å². The minimum Gasteiger partial charge on any atom is -0.336 e. The molecule has 144 valence electrons. The monoisotopic (exact) mass is 380 g/mol. The third-order valence-corrected chi connectivity index (χ3v) is 4.75. The van der Waals surface area contributed by atoms with Crippen molar-refractivity contribution < 1.29 is 22.4 Å². The highest BCUT2D eigenvalue weighted by Crippen LogP contribution is 2.29. The lowest BCUT2D eigenvalue weighted by Gasteiger charge is -2.34. The highest BCUT2D eigenvalue weighted by atomic mass is 19.4. The standard InChI is InChI=1S/C20H20F4N2O/c21-18-7-1-15(2-8-18)9-10-25-11-13-26(14-12-25)19(27)16-3-5-17(6-4-16)20(22,23)24/h1-8H,9-14H2. The summed E-state index contributed by atoms with van der Waals surface area (Å²) in [6.07, 6.45) is -3.61. The normalized spacial score (nSPS) is 15.8. The Morgan fingerprint density at radius 1 is 0.889 bits per heavy atom. The zero-order chi connectivity index (χ0) is 19.4. The molecule has 3 nitrogen and oxygen atoms in total. The number of alkyl halides is 3. The van der Waals surface area contributed by atoms with E-state index >= 15 is 0 Å². The van der Waals surface area contributed by atoms with Gasteiger partial charge in [0.1, 0.15) is 5.82 Å². The minimum absolute atomic E-state index is 0.248. The largest absolute Gasteiger partial charge is 0.416 e. The third-order valence-electron chi connectivity index (χ3n) is 4.75. The van der Waals surface area contributed by atoms with Gasteiger partial charge in [0.2, 0.25) is 0 Å². The molecule has 1 saturated heterocycles. The first-order valence-corrected chi connectivity index (χ1v) is 8.76. The van der Waals surface area contributed by atoms with Crippen molar-refractivity contribution in [3.63, 3.8) is 0 Å². The number of nitrogens with zero attached hydrogens (tertiary/aromatic N) is 2. The van der Waals surface area contributed by atoms with Gasteiger partial charge in [-0.1, -0.05) is 12.1 Å². The van der Waals surface area contributed by atoms with Crippen LogP contribution >= 0.6 is 0 Å². The summed E-state index contributed by atoms with van der Waals surface area (Å²) < 4.78 is 50.8. The van der Waals surface area contributed by atoms with Crippen LogP contribution < -0.4 is 0 Å². The highest BCUT2D eigenvalue weighted by molar-refractivity contribution is 5.94. The van der Waals surface area contributed by atoms with Gasteiger partial charge in [-0.25, -0.2) is 4.39 Å². The Labute approximate surface area is 155 Å². The molecule has 1 fully saturated rings. The molecular formula is C20H20F4N2O. The van der Waals surface area contributed by atoms with Crippen LogP contribution in [0.1, 0.15) is 21.5 Å². The lowest BCUT2D eigenvalue weighted by atomic mass is 10.1. The highest BCUT2D eigenvalue weighted by Gasteiger charge is 2.30. The Hall–Kier alpha value is -2.41. The van der Waals surface area contributed by atoms with Gasteiger partial charge in [-0.3, -0.25) is 9.69 Å². The maximum absolute atomic E-state index is 12.9. The summed E-state index contributed by atoms with van der Waals surface area (Å²) in [6, 6.07) is 10.7. The van der Waals surface area contributed by atoms with E-state index in [0.717, 1.165) is 30.7 Å². The fourth-order valence-corrected chi connectivity index (χ4v) is 3.10. The van der Waals surface area contributed by atoms with E-state index in [2.05, 4.69) is 4.90 Å². The van der Waals surface area contributed by atoms with Crippen molar-refractivity contribution in [2.24, 2.45) is 0 Å². The summed E-state index contributed by atoms with van der Waals surface area (Å²) in [7, 11) is 0. The molecule has 0 atom stereocenters. The van der Waals surface area contributed by atoms with Gasteiger partial charge in [0.25, 0.3) is 5.91 Å². The zero-order valence-electron chi connectivity index (χ0n) is 14.7. The number of carbonyl (C=O) groups is 1. The first-order valence-electron chi connectivity index (χ1n) is 8.76. The first-order chi connectivity index (χ1) is 12.8. The third kappa shape index (κ3) is 5.07. The van der Waals surface area contributed by atoms with Crippen LogP contribution in [0.25, 0.3) is 0 Å². The number of benzene rings is 2. The summed E-state index contributed by atoms with van der Waals surface area (Å²) in [6.45, 7) is 3.28. The van der Waals surface area contributed by atoms with Crippen molar-refractivity contribution in [3.8, 4) is 0 Å². The van der Waals surface area contributed by atoms with Crippen LogP contribution in [0.15, 0.2) is 48.5 Å². The summed E-state index contributed by atoms with van der Waals surface area (Å²) in [5.41, 5.74) is 0.562. The molecule has 0 saturated carbocycles.